The summed E-state index contributed by atoms with van der Waals surface area (Å²) in [5.74, 6) is -0.203. The monoisotopic (exact) mass is 390 g/mol. The quantitative estimate of drug-likeness (QED) is 0.803. The summed E-state index contributed by atoms with van der Waals surface area (Å²) < 4.78 is 0. The van der Waals surface area contributed by atoms with E-state index in [4.69, 9.17) is 16.9 Å². The van der Waals surface area contributed by atoms with Crippen LogP contribution in [0.2, 0.25) is 5.02 Å². The van der Waals surface area contributed by atoms with Gasteiger partial charge in [-0.15, -0.1) is 0 Å². The Labute approximate surface area is 169 Å². The number of halogens is 1. The van der Waals surface area contributed by atoms with Crippen LogP contribution >= 0.6 is 11.6 Å². The molecular weight excluding hydrogens is 372 g/mol. The summed E-state index contributed by atoms with van der Waals surface area (Å²) in [7, 11) is 0. The summed E-state index contributed by atoms with van der Waals surface area (Å²) in [6.45, 7) is 0. The minimum Gasteiger partial charge on any atom is -0.347 e. The van der Waals surface area contributed by atoms with E-state index in [0.717, 1.165) is 36.0 Å². The average molecular weight is 391 g/mol. The molecule has 0 aliphatic carbocycles. The number of hydrogen-bond donors (Lipinski definition) is 1. The van der Waals surface area contributed by atoms with Crippen molar-refractivity contribution >= 4 is 17.5 Å². The van der Waals surface area contributed by atoms with Crippen LogP contribution in [-0.2, 0) is 6.42 Å². The first-order chi connectivity index (χ1) is 13.6. The van der Waals surface area contributed by atoms with Crippen LogP contribution in [0.25, 0.3) is 11.1 Å². The van der Waals surface area contributed by atoms with Gasteiger partial charge in [0.15, 0.2) is 6.19 Å². The van der Waals surface area contributed by atoms with Gasteiger partial charge in [-0.1, -0.05) is 41.9 Å². The summed E-state index contributed by atoms with van der Waals surface area (Å²) >= 11 is 6.42. The van der Waals surface area contributed by atoms with Crippen molar-refractivity contribution in [2.24, 2.45) is 0 Å². The summed E-state index contributed by atoms with van der Waals surface area (Å²) in [6.07, 6.45) is 5.38. The topological polar surface area (TPSA) is 79.9 Å². The van der Waals surface area contributed by atoms with Gasteiger partial charge < -0.3 is 10.2 Å². The molecule has 0 saturated carbocycles. The van der Waals surface area contributed by atoms with Crippen molar-refractivity contribution in [3.63, 3.8) is 0 Å². The van der Waals surface area contributed by atoms with E-state index in [-0.39, 0.29) is 24.0 Å². The van der Waals surface area contributed by atoms with Crippen molar-refractivity contribution in [1.29, 1.82) is 10.5 Å². The molecule has 0 radical (unpaired) electrons. The standard InChI is InChI=1S/C22H19ClN4O/c23-19-11-16(15-3-1-2-14(10-15)8-9-24)4-6-18(19)22(28)26-20-12-17-5-7-21(20)27(17)13-25/h1-4,6,10-11,17,20-21H,5,7-8,12H2,(H,26,28)/t17-,20+,21+/m0/s1. The predicted octanol–water partition coefficient (Wildman–Crippen LogP) is 3.89. The Hall–Kier alpha value is -3.02. The van der Waals surface area contributed by atoms with E-state index in [0.29, 0.717) is 17.0 Å². The Bertz CT molecular complexity index is 1010. The number of amides is 1. The molecular formula is C22H19ClN4O. The molecule has 5 nitrogen and oxygen atoms in total. The molecule has 2 aromatic rings. The van der Waals surface area contributed by atoms with E-state index >= 15 is 0 Å². The number of fused-ring (bicyclic) bond motifs is 2. The molecule has 3 atom stereocenters. The molecule has 28 heavy (non-hydrogen) atoms. The smallest absolute Gasteiger partial charge is 0.253 e. The molecule has 2 bridgehead atoms. The second-order valence-electron chi connectivity index (χ2n) is 7.35. The maximum atomic E-state index is 12.7. The molecule has 140 valence electrons. The Morgan fingerprint density at radius 1 is 1.18 bits per heavy atom. The number of nitrogens with one attached hydrogen (secondary N) is 1. The van der Waals surface area contributed by atoms with Gasteiger partial charge in [-0.25, -0.2) is 0 Å². The zero-order chi connectivity index (χ0) is 19.7. The molecule has 2 aliphatic heterocycles. The fraction of sp³-hybridized carbons (Fsp3) is 0.318. The van der Waals surface area contributed by atoms with Crippen molar-refractivity contribution in [1.82, 2.24) is 10.2 Å². The first kappa shape index (κ1) is 18.3. The van der Waals surface area contributed by atoms with E-state index < -0.39 is 0 Å². The van der Waals surface area contributed by atoms with E-state index in [9.17, 15) is 10.1 Å². The van der Waals surface area contributed by atoms with Crippen molar-refractivity contribution in [3.8, 4) is 23.4 Å². The lowest BCUT2D eigenvalue weighted by atomic mass is 9.95. The zero-order valence-corrected chi connectivity index (χ0v) is 16.0. The molecule has 1 N–H and O–H groups in total. The minimum atomic E-state index is -0.203. The molecule has 0 spiro atoms. The Morgan fingerprint density at radius 2 is 2.00 bits per heavy atom. The molecule has 1 amide bonds. The van der Waals surface area contributed by atoms with E-state index in [1.54, 1.807) is 12.1 Å². The molecule has 2 saturated heterocycles. The van der Waals surface area contributed by atoms with E-state index in [1.807, 2.05) is 35.2 Å². The molecule has 2 aliphatic rings. The van der Waals surface area contributed by atoms with Gasteiger partial charge in [0.2, 0.25) is 0 Å². The van der Waals surface area contributed by atoms with Gasteiger partial charge in [-0.05, 0) is 48.1 Å². The number of carbonyl (C=O) groups excluding carboxylic acids is 1. The first-order valence-electron chi connectivity index (χ1n) is 9.35. The van der Waals surface area contributed by atoms with Crippen LogP contribution in [0.5, 0.6) is 0 Å². The van der Waals surface area contributed by atoms with Gasteiger partial charge in [-0.2, -0.15) is 10.5 Å². The lowest BCUT2D eigenvalue weighted by Crippen LogP contribution is -2.43. The molecule has 6 heteroatoms. The largest absolute Gasteiger partial charge is 0.347 e. The fourth-order valence-electron chi connectivity index (χ4n) is 4.38. The van der Waals surface area contributed by atoms with Gasteiger partial charge in [0.25, 0.3) is 5.91 Å². The van der Waals surface area contributed by atoms with Gasteiger partial charge in [0.1, 0.15) is 0 Å². The van der Waals surface area contributed by atoms with Crippen LogP contribution in [0, 0.1) is 22.8 Å². The lowest BCUT2D eigenvalue weighted by molar-refractivity contribution is 0.0928. The molecule has 0 unspecified atom stereocenters. The Balaban J connectivity index is 1.51. The number of hydrogen-bond acceptors (Lipinski definition) is 4. The third-order valence-electron chi connectivity index (χ3n) is 5.73. The third kappa shape index (κ3) is 3.30. The Kier molecular flexibility index (Phi) is 4.94. The number of carbonyl (C=O) groups is 1. The number of nitrogens with zero attached hydrogens (tertiary/aromatic N) is 3. The molecule has 4 rings (SSSR count). The maximum Gasteiger partial charge on any atom is 0.253 e. The van der Waals surface area contributed by atoms with E-state index in [2.05, 4.69) is 17.6 Å². The summed E-state index contributed by atoms with van der Waals surface area (Å²) in [5.41, 5.74) is 3.23. The number of benzene rings is 2. The molecule has 0 aromatic heterocycles. The van der Waals surface area contributed by atoms with Crippen LogP contribution in [0.1, 0.15) is 35.2 Å². The highest BCUT2D eigenvalue weighted by Gasteiger charge is 2.46. The first-order valence-corrected chi connectivity index (χ1v) is 9.73. The van der Waals surface area contributed by atoms with Crippen LogP contribution < -0.4 is 5.32 Å². The second-order valence-corrected chi connectivity index (χ2v) is 7.76. The van der Waals surface area contributed by atoms with Crippen LogP contribution in [0.3, 0.4) is 0 Å². The SMILES string of the molecule is N#CCc1cccc(-c2ccc(C(=O)N[C@@H]3C[C@@H]4CC[C@H]3N4C#N)c(Cl)c2)c1. The lowest BCUT2D eigenvalue weighted by Gasteiger charge is -2.22. The summed E-state index contributed by atoms with van der Waals surface area (Å²) in [4.78, 5) is 14.6. The van der Waals surface area contributed by atoms with Gasteiger partial charge >= 0.3 is 0 Å². The van der Waals surface area contributed by atoms with Gasteiger partial charge in [0, 0.05) is 6.04 Å². The zero-order valence-electron chi connectivity index (χ0n) is 15.2. The highest BCUT2D eigenvalue weighted by atomic mass is 35.5. The van der Waals surface area contributed by atoms with E-state index in [1.165, 1.54) is 0 Å². The molecule has 2 aromatic carbocycles. The molecule has 2 fully saturated rings. The second kappa shape index (κ2) is 7.54. The number of rotatable bonds is 4. The van der Waals surface area contributed by atoms with Crippen LogP contribution in [-0.4, -0.2) is 28.9 Å². The van der Waals surface area contributed by atoms with Crippen LogP contribution in [0.4, 0.5) is 0 Å². The average Bonchev–Trinajstić information content (AvgIpc) is 3.25. The summed E-state index contributed by atoms with van der Waals surface area (Å²) in [5, 5.41) is 21.6. The highest BCUT2D eigenvalue weighted by Crippen LogP contribution is 2.37. The van der Waals surface area contributed by atoms with Crippen LogP contribution in [0.15, 0.2) is 42.5 Å². The van der Waals surface area contributed by atoms with Gasteiger partial charge in [-0.3, -0.25) is 4.79 Å². The normalized spacial score (nSPS) is 22.5. The van der Waals surface area contributed by atoms with Crippen molar-refractivity contribution in [2.45, 2.75) is 43.8 Å². The molecule has 2 heterocycles. The minimum absolute atomic E-state index is 0.00990. The van der Waals surface area contributed by atoms with Crippen molar-refractivity contribution in [3.05, 3.63) is 58.6 Å². The summed E-state index contributed by atoms with van der Waals surface area (Å²) in [6, 6.07) is 15.6. The fourth-order valence-corrected chi connectivity index (χ4v) is 4.64. The van der Waals surface area contributed by atoms with Crippen molar-refractivity contribution in [2.75, 3.05) is 0 Å². The highest BCUT2D eigenvalue weighted by molar-refractivity contribution is 6.34. The Morgan fingerprint density at radius 3 is 2.71 bits per heavy atom. The maximum absolute atomic E-state index is 12.7. The van der Waals surface area contributed by atoms with Crippen molar-refractivity contribution < 1.29 is 4.79 Å². The number of nitriles is 2. The predicted molar refractivity (Wildman–Crippen MR) is 106 cm³/mol. The third-order valence-corrected chi connectivity index (χ3v) is 6.04. The van der Waals surface area contributed by atoms with Gasteiger partial charge in [0.05, 0.1) is 35.2 Å².